The van der Waals surface area contributed by atoms with Gasteiger partial charge < -0.3 is 5.32 Å². The lowest BCUT2D eigenvalue weighted by molar-refractivity contribution is -0.384. The molecule has 0 spiro atoms. The van der Waals surface area contributed by atoms with Gasteiger partial charge in [-0.25, -0.2) is 4.98 Å². The molecule has 1 amide bonds. The monoisotopic (exact) mass is 357 g/mol. The van der Waals surface area contributed by atoms with Crippen LogP contribution in [0.5, 0.6) is 0 Å². The lowest BCUT2D eigenvalue weighted by Gasteiger charge is -1.99. The van der Waals surface area contributed by atoms with E-state index in [-0.39, 0.29) is 11.6 Å². The fraction of sp³-hybridized carbons (Fsp3) is 0.333. The number of nitro benzene ring substituents is 1. The number of carbonyl (C=O) groups is 1. The van der Waals surface area contributed by atoms with E-state index in [0.717, 1.165) is 18.2 Å². The van der Waals surface area contributed by atoms with Crippen molar-refractivity contribution >= 4 is 54.2 Å². The minimum Gasteiger partial charge on any atom is -0.302 e. The van der Waals surface area contributed by atoms with E-state index in [1.807, 2.05) is 0 Å². The van der Waals surface area contributed by atoms with Crippen molar-refractivity contribution in [3.8, 4) is 0 Å². The van der Waals surface area contributed by atoms with Crippen molar-refractivity contribution < 1.29 is 9.72 Å². The summed E-state index contributed by atoms with van der Waals surface area (Å²) in [5.41, 5.74) is 0.674. The van der Waals surface area contributed by atoms with Crippen molar-refractivity contribution in [2.75, 3.05) is 10.6 Å². The van der Waals surface area contributed by atoms with Gasteiger partial charge in [-0.1, -0.05) is 27.3 Å². The van der Waals surface area contributed by atoms with Crippen LogP contribution in [0.2, 0.25) is 0 Å². The number of unbranched alkanes of at least 4 members (excludes halogenated alkanes) is 1. The van der Waals surface area contributed by atoms with Gasteiger partial charge in [-0.15, -0.1) is 0 Å². The predicted molar refractivity (Wildman–Crippen MR) is 82.5 cm³/mol. The maximum Gasteiger partial charge on any atom is 0.270 e. The highest BCUT2D eigenvalue weighted by Crippen LogP contribution is 2.29. The molecule has 6 nitrogen and oxygen atoms in total. The fourth-order valence-corrected chi connectivity index (χ4v) is 2.95. The number of nitrogens with zero attached hydrogens (tertiary/aromatic N) is 2. The zero-order valence-electron chi connectivity index (χ0n) is 10.5. The summed E-state index contributed by atoms with van der Waals surface area (Å²) >= 11 is 4.55. The van der Waals surface area contributed by atoms with Crippen LogP contribution >= 0.6 is 27.3 Å². The number of halogens is 1. The van der Waals surface area contributed by atoms with Gasteiger partial charge in [0.25, 0.3) is 5.69 Å². The lowest BCUT2D eigenvalue weighted by Crippen LogP contribution is -2.10. The molecule has 0 unspecified atom stereocenters. The summed E-state index contributed by atoms with van der Waals surface area (Å²) in [6.07, 6.45) is 2.20. The Morgan fingerprint density at radius 1 is 1.45 bits per heavy atom. The Labute approximate surface area is 127 Å². The van der Waals surface area contributed by atoms with E-state index in [1.165, 1.54) is 23.5 Å². The van der Waals surface area contributed by atoms with Gasteiger partial charge in [-0.2, -0.15) is 0 Å². The minimum atomic E-state index is -0.447. The third-order valence-corrected chi connectivity index (χ3v) is 4.11. The number of rotatable bonds is 6. The molecule has 20 heavy (non-hydrogen) atoms. The van der Waals surface area contributed by atoms with Gasteiger partial charge in [-0.05, 0) is 18.9 Å². The van der Waals surface area contributed by atoms with Crippen molar-refractivity contribution in [2.24, 2.45) is 0 Å². The third kappa shape index (κ3) is 3.73. The number of carbonyl (C=O) groups excluding carboxylic acids is 1. The summed E-state index contributed by atoms with van der Waals surface area (Å²) < 4.78 is 0.690. The van der Waals surface area contributed by atoms with Gasteiger partial charge in [0.2, 0.25) is 5.91 Å². The molecular formula is C12H12BrN3O3S. The highest BCUT2D eigenvalue weighted by atomic mass is 79.9. The topological polar surface area (TPSA) is 85.1 Å². The second-order valence-corrected chi connectivity index (χ2v) is 5.95. The third-order valence-electron chi connectivity index (χ3n) is 2.62. The van der Waals surface area contributed by atoms with Crippen LogP contribution in [0.1, 0.15) is 19.3 Å². The molecule has 0 atom stereocenters. The zero-order chi connectivity index (χ0) is 14.5. The molecule has 0 saturated heterocycles. The molecule has 1 N–H and O–H groups in total. The Bertz CT molecular complexity index is 644. The van der Waals surface area contributed by atoms with Crippen LogP contribution in [0.3, 0.4) is 0 Å². The van der Waals surface area contributed by atoms with E-state index >= 15 is 0 Å². The summed E-state index contributed by atoms with van der Waals surface area (Å²) in [6, 6.07) is 4.46. The zero-order valence-corrected chi connectivity index (χ0v) is 12.9. The van der Waals surface area contributed by atoms with Gasteiger partial charge in [0.1, 0.15) is 0 Å². The van der Waals surface area contributed by atoms with Crippen molar-refractivity contribution in [3.05, 3.63) is 28.3 Å². The summed E-state index contributed by atoms with van der Waals surface area (Å²) in [4.78, 5) is 26.2. The largest absolute Gasteiger partial charge is 0.302 e. The van der Waals surface area contributed by atoms with Crippen LogP contribution < -0.4 is 5.32 Å². The van der Waals surface area contributed by atoms with Crippen molar-refractivity contribution in [1.29, 1.82) is 0 Å². The van der Waals surface area contributed by atoms with E-state index in [9.17, 15) is 14.9 Å². The Hall–Kier alpha value is -1.54. The molecule has 0 aliphatic rings. The van der Waals surface area contributed by atoms with Crippen LogP contribution in [-0.2, 0) is 4.79 Å². The Morgan fingerprint density at radius 3 is 2.95 bits per heavy atom. The van der Waals surface area contributed by atoms with Crippen LogP contribution in [-0.4, -0.2) is 21.1 Å². The molecule has 0 radical (unpaired) electrons. The number of hydrogen-bond donors (Lipinski definition) is 1. The van der Waals surface area contributed by atoms with Crippen LogP contribution in [0, 0.1) is 10.1 Å². The molecule has 0 aliphatic carbocycles. The number of benzene rings is 1. The number of fused-ring (bicyclic) bond motifs is 1. The van der Waals surface area contributed by atoms with Gasteiger partial charge in [0, 0.05) is 23.9 Å². The summed E-state index contributed by atoms with van der Waals surface area (Å²) in [5, 5.41) is 14.8. The number of thiazole rings is 1. The quantitative estimate of drug-likeness (QED) is 0.369. The number of nitrogens with one attached hydrogen (secondary N) is 1. The van der Waals surface area contributed by atoms with E-state index in [0.29, 0.717) is 21.8 Å². The normalized spacial score (nSPS) is 10.7. The second-order valence-electron chi connectivity index (χ2n) is 4.12. The fourth-order valence-electron chi connectivity index (χ4n) is 1.64. The minimum absolute atomic E-state index is 0.0244. The molecule has 1 aromatic heterocycles. The molecule has 0 aliphatic heterocycles. The number of amides is 1. The average molecular weight is 358 g/mol. The molecule has 0 fully saturated rings. The molecule has 106 valence electrons. The second kappa shape index (κ2) is 6.76. The smallest absolute Gasteiger partial charge is 0.270 e. The van der Waals surface area contributed by atoms with Crippen molar-refractivity contribution in [1.82, 2.24) is 4.98 Å². The van der Waals surface area contributed by atoms with Gasteiger partial charge in [0.15, 0.2) is 5.13 Å². The van der Waals surface area contributed by atoms with Crippen molar-refractivity contribution in [2.45, 2.75) is 19.3 Å². The number of hydrogen-bond acceptors (Lipinski definition) is 5. The number of nitro groups is 1. The number of aromatic nitrogens is 1. The summed E-state index contributed by atoms with van der Waals surface area (Å²) in [5.74, 6) is -0.0838. The number of alkyl halides is 1. The highest BCUT2D eigenvalue weighted by molar-refractivity contribution is 9.09. The Kier molecular flexibility index (Phi) is 5.02. The summed E-state index contributed by atoms with van der Waals surface area (Å²) in [6.45, 7) is 0. The standard InChI is InChI=1S/C12H12BrN3O3S/c13-6-2-1-3-11(17)15-12-14-9-5-4-8(16(18)19)7-10(9)20-12/h4-5,7H,1-3,6H2,(H,14,15,17). The molecule has 0 saturated carbocycles. The van der Waals surface area contributed by atoms with Crippen molar-refractivity contribution in [3.63, 3.8) is 0 Å². The van der Waals surface area contributed by atoms with Gasteiger partial charge in [0.05, 0.1) is 15.1 Å². The molecule has 2 aromatic rings. The van der Waals surface area contributed by atoms with E-state index < -0.39 is 4.92 Å². The molecular weight excluding hydrogens is 346 g/mol. The van der Waals surface area contributed by atoms with E-state index in [1.54, 1.807) is 6.07 Å². The first kappa shape index (κ1) is 14.9. The molecule has 0 bridgehead atoms. The predicted octanol–water partition coefficient (Wildman–Crippen LogP) is 3.71. The van der Waals surface area contributed by atoms with Gasteiger partial charge in [-0.3, -0.25) is 14.9 Å². The SMILES string of the molecule is O=C(CCCCBr)Nc1nc2ccc([N+](=O)[O-])cc2s1. The van der Waals surface area contributed by atoms with Crippen LogP contribution in [0.15, 0.2) is 18.2 Å². The first-order valence-corrected chi connectivity index (χ1v) is 7.95. The number of non-ortho nitro benzene ring substituents is 1. The maximum absolute atomic E-state index is 11.7. The number of anilines is 1. The van der Waals surface area contributed by atoms with E-state index in [4.69, 9.17) is 0 Å². The van der Waals surface area contributed by atoms with E-state index in [2.05, 4.69) is 26.2 Å². The maximum atomic E-state index is 11.7. The highest BCUT2D eigenvalue weighted by Gasteiger charge is 2.11. The van der Waals surface area contributed by atoms with Crippen LogP contribution in [0.4, 0.5) is 10.8 Å². The lowest BCUT2D eigenvalue weighted by atomic mass is 10.2. The molecule has 1 aromatic carbocycles. The molecule has 8 heteroatoms. The average Bonchev–Trinajstić information content (AvgIpc) is 2.79. The first-order valence-electron chi connectivity index (χ1n) is 6.01. The Morgan fingerprint density at radius 2 is 2.25 bits per heavy atom. The Balaban J connectivity index is 2.08. The van der Waals surface area contributed by atoms with Gasteiger partial charge >= 0.3 is 0 Å². The van der Waals surface area contributed by atoms with Crippen LogP contribution in [0.25, 0.3) is 10.2 Å². The molecule has 1 heterocycles. The molecule has 2 rings (SSSR count). The first-order chi connectivity index (χ1) is 9.60. The summed E-state index contributed by atoms with van der Waals surface area (Å²) in [7, 11) is 0.